The lowest BCUT2D eigenvalue weighted by Gasteiger charge is -2.14. The van der Waals surface area contributed by atoms with E-state index in [0.29, 0.717) is 18.2 Å². The van der Waals surface area contributed by atoms with Crippen LogP contribution in [-0.4, -0.2) is 39.5 Å². The maximum atomic E-state index is 12.1. The first-order chi connectivity index (χ1) is 9.48. The number of benzene rings is 1. The van der Waals surface area contributed by atoms with Crippen LogP contribution in [0.2, 0.25) is 0 Å². The lowest BCUT2D eigenvalue weighted by atomic mass is 10.1. The van der Waals surface area contributed by atoms with E-state index in [2.05, 4.69) is 16.5 Å². The van der Waals surface area contributed by atoms with Gasteiger partial charge in [0.15, 0.2) is 0 Å². The van der Waals surface area contributed by atoms with E-state index in [9.17, 15) is 8.42 Å². The van der Waals surface area contributed by atoms with Crippen molar-refractivity contribution in [1.82, 2.24) is 9.62 Å². The monoisotopic (exact) mass is 297 g/mol. The molecule has 1 unspecified atom stereocenters. The van der Waals surface area contributed by atoms with Crippen molar-refractivity contribution in [2.24, 2.45) is 5.92 Å². The summed E-state index contributed by atoms with van der Waals surface area (Å²) in [5, 5.41) is 0. The average molecular weight is 297 g/mol. The van der Waals surface area contributed by atoms with Gasteiger partial charge in [0, 0.05) is 18.8 Å². The second kappa shape index (κ2) is 6.56. The molecule has 112 valence electrons. The molecule has 1 atom stereocenters. The van der Waals surface area contributed by atoms with Crippen molar-refractivity contribution < 1.29 is 8.42 Å². The molecule has 1 aromatic rings. The van der Waals surface area contributed by atoms with Crippen LogP contribution in [0, 0.1) is 5.92 Å². The van der Waals surface area contributed by atoms with E-state index < -0.39 is 10.0 Å². The maximum Gasteiger partial charge on any atom is 0.215 e. The minimum absolute atomic E-state index is 0.0117. The third-order valence-corrected chi connectivity index (χ3v) is 5.04. The van der Waals surface area contributed by atoms with E-state index in [1.165, 1.54) is 0 Å². The van der Waals surface area contributed by atoms with Crippen LogP contribution in [0.25, 0.3) is 0 Å². The molecule has 0 spiro atoms. The standard InChI is InChI=1S/C14H23N3O2S/c1-2-17-7-6-13(10-17)9-16-20(18,19)11-12-4-3-5-14(15)8-12/h3-5,8,13,16H,2,6-7,9-11,15H2,1H3. The van der Waals surface area contributed by atoms with Gasteiger partial charge in [0.2, 0.25) is 10.0 Å². The molecule has 1 aliphatic rings. The molecule has 5 nitrogen and oxygen atoms in total. The average Bonchev–Trinajstić information content (AvgIpc) is 2.84. The quantitative estimate of drug-likeness (QED) is 0.769. The first-order valence-electron chi connectivity index (χ1n) is 7.02. The summed E-state index contributed by atoms with van der Waals surface area (Å²) in [7, 11) is -3.29. The molecule has 1 fully saturated rings. The Morgan fingerprint density at radius 3 is 2.90 bits per heavy atom. The van der Waals surface area contributed by atoms with Crippen LogP contribution in [0.3, 0.4) is 0 Å². The molecule has 2 rings (SSSR count). The van der Waals surface area contributed by atoms with Crippen molar-refractivity contribution in [3.8, 4) is 0 Å². The molecular weight excluding hydrogens is 274 g/mol. The van der Waals surface area contributed by atoms with Crippen molar-refractivity contribution in [2.75, 3.05) is 31.9 Å². The predicted molar refractivity (Wildman–Crippen MR) is 81.7 cm³/mol. The van der Waals surface area contributed by atoms with Crippen LogP contribution in [-0.2, 0) is 15.8 Å². The molecule has 0 amide bonds. The van der Waals surface area contributed by atoms with Gasteiger partial charge in [0.1, 0.15) is 0 Å². The number of anilines is 1. The SMILES string of the molecule is CCN1CCC(CNS(=O)(=O)Cc2cccc(N)c2)C1. The van der Waals surface area contributed by atoms with Gasteiger partial charge in [-0.2, -0.15) is 0 Å². The van der Waals surface area contributed by atoms with Gasteiger partial charge in [-0.15, -0.1) is 0 Å². The van der Waals surface area contributed by atoms with Gasteiger partial charge in [0.05, 0.1) is 5.75 Å². The Balaban J connectivity index is 1.85. The fourth-order valence-corrected chi connectivity index (χ4v) is 3.77. The van der Waals surface area contributed by atoms with E-state index in [4.69, 9.17) is 5.73 Å². The summed E-state index contributed by atoms with van der Waals surface area (Å²) in [5.41, 5.74) is 6.97. The predicted octanol–water partition coefficient (Wildman–Crippen LogP) is 1.03. The van der Waals surface area contributed by atoms with Gasteiger partial charge >= 0.3 is 0 Å². The van der Waals surface area contributed by atoms with Crippen LogP contribution < -0.4 is 10.5 Å². The van der Waals surface area contributed by atoms with Crippen LogP contribution in [0.1, 0.15) is 18.9 Å². The lowest BCUT2D eigenvalue weighted by molar-refractivity contribution is 0.342. The van der Waals surface area contributed by atoms with E-state index in [0.717, 1.165) is 31.6 Å². The van der Waals surface area contributed by atoms with Crippen LogP contribution in [0.15, 0.2) is 24.3 Å². The van der Waals surface area contributed by atoms with Crippen molar-refractivity contribution >= 4 is 15.7 Å². The molecule has 20 heavy (non-hydrogen) atoms. The fraction of sp³-hybridized carbons (Fsp3) is 0.571. The number of hydrogen-bond donors (Lipinski definition) is 2. The summed E-state index contributed by atoms with van der Waals surface area (Å²) < 4.78 is 26.8. The Hall–Kier alpha value is -1.11. The largest absolute Gasteiger partial charge is 0.399 e. The zero-order chi connectivity index (χ0) is 14.6. The van der Waals surface area contributed by atoms with E-state index >= 15 is 0 Å². The second-order valence-corrected chi connectivity index (χ2v) is 7.21. The summed E-state index contributed by atoms with van der Waals surface area (Å²) >= 11 is 0. The van der Waals surface area contributed by atoms with Crippen LogP contribution >= 0.6 is 0 Å². The second-order valence-electron chi connectivity index (χ2n) is 5.40. The number of nitrogen functional groups attached to an aromatic ring is 1. The Labute approximate surface area is 121 Å². The van der Waals surface area contributed by atoms with Crippen molar-refractivity contribution in [3.05, 3.63) is 29.8 Å². The molecule has 0 aromatic heterocycles. The highest BCUT2D eigenvalue weighted by Crippen LogP contribution is 2.15. The van der Waals surface area contributed by atoms with Gasteiger partial charge in [-0.05, 0) is 43.1 Å². The topological polar surface area (TPSA) is 75.4 Å². The Bertz CT molecular complexity index is 545. The Kier molecular flexibility index (Phi) is 5.01. The molecule has 1 aliphatic heterocycles. The van der Waals surface area contributed by atoms with Gasteiger partial charge < -0.3 is 10.6 Å². The van der Waals surface area contributed by atoms with Crippen molar-refractivity contribution in [1.29, 1.82) is 0 Å². The normalized spacial score (nSPS) is 20.4. The zero-order valence-corrected chi connectivity index (χ0v) is 12.7. The minimum atomic E-state index is -3.29. The Morgan fingerprint density at radius 2 is 2.25 bits per heavy atom. The molecule has 0 bridgehead atoms. The lowest BCUT2D eigenvalue weighted by Crippen LogP contribution is -2.31. The van der Waals surface area contributed by atoms with Gasteiger partial charge in [-0.1, -0.05) is 19.1 Å². The van der Waals surface area contributed by atoms with E-state index in [1.54, 1.807) is 24.3 Å². The zero-order valence-electron chi connectivity index (χ0n) is 11.9. The van der Waals surface area contributed by atoms with Crippen molar-refractivity contribution in [2.45, 2.75) is 19.1 Å². The number of hydrogen-bond acceptors (Lipinski definition) is 4. The summed E-state index contributed by atoms with van der Waals surface area (Å²) in [6.07, 6.45) is 1.06. The number of nitrogens with two attached hydrogens (primary N) is 1. The third-order valence-electron chi connectivity index (χ3n) is 3.72. The smallest absolute Gasteiger partial charge is 0.215 e. The van der Waals surface area contributed by atoms with Crippen molar-refractivity contribution in [3.63, 3.8) is 0 Å². The fourth-order valence-electron chi connectivity index (χ4n) is 2.56. The number of rotatable bonds is 6. The number of nitrogens with one attached hydrogen (secondary N) is 1. The first kappa shape index (κ1) is 15.3. The highest BCUT2D eigenvalue weighted by molar-refractivity contribution is 7.88. The first-order valence-corrected chi connectivity index (χ1v) is 8.68. The number of sulfonamides is 1. The summed E-state index contributed by atoms with van der Waals surface area (Å²) in [4.78, 5) is 2.34. The van der Waals surface area contributed by atoms with Crippen LogP contribution in [0.5, 0.6) is 0 Å². The highest BCUT2D eigenvalue weighted by atomic mass is 32.2. The van der Waals surface area contributed by atoms with Gasteiger partial charge in [-0.3, -0.25) is 0 Å². The van der Waals surface area contributed by atoms with Gasteiger partial charge in [0.25, 0.3) is 0 Å². The number of likely N-dealkylation sites (tertiary alicyclic amines) is 1. The Morgan fingerprint density at radius 1 is 1.45 bits per heavy atom. The van der Waals surface area contributed by atoms with Crippen LogP contribution in [0.4, 0.5) is 5.69 Å². The highest BCUT2D eigenvalue weighted by Gasteiger charge is 2.22. The molecular formula is C14H23N3O2S. The van der Waals surface area contributed by atoms with E-state index in [1.807, 2.05) is 0 Å². The maximum absolute atomic E-state index is 12.1. The summed E-state index contributed by atoms with van der Waals surface area (Å²) in [6, 6.07) is 7.01. The number of nitrogens with zero attached hydrogens (tertiary/aromatic N) is 1. The van der Waals surface area contributed by atoms with Gasteiger partial charge in [-0.25, -0.2) is 13.1 Å². The molecule has 1 aromatic carbocycles. The van der Waals surface area contributed by atoms with E-state index in [-0.39, 0.29) is 5.75 Å². The minimum Gasteiger partial charge on any atom is -0.399 e. The molecule has 6 heteroatoms. The molecule has 1 saturated heterocycles. The molecule has 1 heterocycles. The third kappa shape index (κ3) is 4.47. The summed E-state index contributed by atoms with van der Waals surface area (Å²) in [6.45, 7) is 5.75. The molecule has 0 aliphatic carbocycles. The molecule has 3 N–H and O–H groups in total. The summed E-state index contributed by atoms with van der Waals surface area (Å²) in [5.74, 6) is 0.410. The molecule has 0 saturated carbocycles. The molecule has 0 radical (unpaired) electrons.